The van der Waals surface area contributed by atoms with E-state index in [2.05, 4.69) is 15.3 Å². The van der Waals surface area contributed by atoms with E-state index in [1.807, 2.05) is 50.8 Å². The molecule has 0 bridgehead atoms. The van der Waals surface area contributed by atoms with Gasteiger partial charge in [0.25, 0.3) is 5.91 Å². The highest BCUT2D eigenvalue weighted by molar-refractivity contribution is 5.97. The van der Waals surface area contributed by atoms with Crippen LogP contribution >= 0.6 is 0 Å². The number of furan rings is 1. The van der Waals surface area contributed by atoms with Gasteiger partial charge in [0.05, 0.1) is 30.3 Å². The molecule has 1 amide bonds. The number of nitrogens with zero attached hydrogens (tertiary/aromatic N) is 3. The van der Waals surface area contributed by atoms with E-state index in [9.17, 15) is 4.79 Å². The van der Waals surface area contributed by atoms with Gasteiger partial charge >= 0.3 is 0 Å². The largest absolute Gasteiger partial charge is 0.467 e. The van der Waals surface area contributed by atoms with Crippen LogP contribution in [0.1, 0.15) is 21.7 Å². The summed E-state index contributed by atoms with van der Waals surface area (Å²) < 4.78 is 6.97. The minimum atomic E-state index is -0.161. The van der Waals surface area contributed by atoms with Crippen molar-refractivity contribution in [3.05, 3.63) is 71.9 Å². The second-order valence-corrected chi connectivity index (χ2v) is 5.81. The van der Waals surface area contributed by atoms with E-state index >= 15 is 0 Å². The number of nitrogens with one attached hydrogen (secondary N) is 1. The fourth-order valence-electron chi connectivity index (χ4n) is 2.48. The van der Waals surface area contributed by atoms with Crippen LogP contribution in [-0.2, 0) is 13.1 Å². The van der Waals surface area contributed by atoms with Gasteiger partial charge in [-0.2, -0.15) is 5.10 Å². The van der Waals surface area contributed by atoms with Crippen molar-refractivity contribution < 1.29 is 9.21 Å². The molecule has 0 spiro atoms. The number of carbonyl (C=O) groups is 1. The Labute approximate surface area is 140 Å². The molecule has 0 unspecified atom stereocenters. The SMILES string of the molecule is CN(C)Cc1cnn(-c2ccccc2C(=O)NCc2ccco2)c1. The van der Waals surface area contributed by atoms with Crippen molar-refractivity contribution in [1.29, 1.82) is 0 Å². The summed E-state index contributed by atoms with van der Waals surface area (Å²) in [7, 11) is 4.01. The molecule has 1 N–H and O–H groups in total. The first-order chi connectivity index (χ1) is 11.6. The summed E-state index contributed by atoms with van der Waals surface area (Å²) in [6.07, 6.45) is 5.35. The molecule has 0 aliphatic carbocycles. The van der Waals surface area contributed by atoms with Crippen LogP contribution in [-0.4, -0.2) is 34.7 Å². The van der Waals surface area contributed by atoms with E-state index < -0.39 is 0 Å². The topological polar surface area (TPSA) is 63.3 Å². The highest BCUT2D eigenvalue weighted by Gasteiger charge is 2.13. The van der Waals surface area contributed by atoms with E-state index in [0.717, 1.165) is 17.8 Å². The number of carbonyl (C=O) groups excluding carboxylic acids is 1. The first-order valence-electron chi connectivity index (χ1n) is 7.72. The lowest BCUT2D eigenvalue weighted by Gasteiger charge is -2.10. The van der Waals surface area contributed by atoms with Gasteiger partial charge in [-0.3, -0.25) is 4.79 Å². The van der Waals surface area contributed by atoms with Gasteiger partial charge in [0.15, 0.2) is 0 Å². The van der Waals surface area contributed by atoms with E-state index in [4.69, 9.17) is 4.42 Å². The molecule has 3 aromatic rings. The number of aromatic nitrogens is 2. The van der Waals surface area contributed by atoms with Gasteiger partial charge in [-0.15, -0.1) is 0 Å². The Morgan fingerprint density at radius 2 is 2.08 bits per heavy atom. The Morgan fingerprint density at radius 1 is 1.25 bits per heavy atom. The summed E-state index contributed by atoms with van der Waals surface area (Å²) in [6, 6.07) is 11.0. The molecule has 2 heterocycles. The average molecular weight is 324 g/mol. The van der Waals surface area contributed by atoms with Crippen molar-refractivity contribution in [2.75, 3.05) is 14.1 Å². The quantitative estimate of drug-likeness (QED) is 0.756. The lowest BCUT2D eigenvalue weighted by molar-refractivity contribution is 0.0948. The van der Waals surface area contributed by atoms with Crippen LogP contribution in [0.25, 0.3) is 5.69 Å². The molecule has 0 fully saturated rings. The maximum atomic E-state index is 12.5. The molecule has 24 heavy (non-hydrogen) atoms. The van der Waals surface area contributed by atoms with Crippen LogP contribution in [0.5, 0.6) is 0 Å². The Morgan fingerprint density at radius 3 is 2.83 bits per heavy atom. The number of amides is 1. The van der Waals surface area contributed by atoms with Crippen LogP contribution < -0.4 is 5.32 Å². The zero-order valence-electron chi connectivity index (χ0n) is 13.8. The maximum absolute atomic E-state index is 12.5. The first kappa shape index (κ1) is 16.0. The number of hydrogen-bond donors (Lipinski definition) is 1. The molecule has 1 aromatic carbocycles. The summed E-state index contributed by atoms with van der Waals surface area (Å²) in [6.45, 7) is 1.15. The lowest BCUT2D eigenvalue weighted by atomic mass is 10.1. The number of hydrogen-bond acceptors (Lipinski definition) is 4. The molecule has 0 saturated heterocycles. The van der Waals surface area contributed by atoms with Crippen molar-refractivity contribution in [2.24, 2.45) is 0 Å². The summed E-state index contributed by atoms with van der Waals surface area (Å²) in [5.74, 6) is 0.555. The van der Waals surface area contributed by atoms with Gasteiger partial charge in [0.1, 0.15) is 5.76 Å². The highest BCUT2D eigenvalue weighted by Crippen LogP contribution is 2.15. The summed E-state index contributed by atoms with van der Waals surface area (Å²) in [4.78, 5) is 14.6. The monoisotopic (exact) mass is 324 g/mol. The van der Waals surface area contributed by atoms with Crippen molar-refractivity contribution in [2.45, 2.75) is 13.1 Å². The van der Waals surface area contributed by atoms with Crippen LogP contribution in [0, 0.1) is 0 Å². The van der Waals surface area contributed by atoms with Gasteiger partial charge in [0.2, 0.25) is 0 Å². The Hall–Kier alpha value is -2.86. The number of benzene rings is 1. The van der Waals surface area contributed by atoms with Crippen LogP contribution in [0.4, 0.5) is 0 Å². The zero-order valence-corrected chi connectivity index (χ0v) is 13.8. The highest BCUT2D eigenvalue weighted by atomic mass is 16.3. The normalized spacial score (nSPS) is 11.0. The molecule has 6 nitrogen and oxygen atoms in total. The Kier molecular flexibility index (Phi) is 4.77. The van der Waals surface area contributed by atoms with Gasteiger partial charge in [-0.25, -0.2) is 4.68 Å². The fraction of sp³-hybridized carbons (Fsp3) is 0.222. The minimum Gasteiger partial charge on any atom is -0.467 e. The second-order valence-electron chi connectivity index (χ2n) is 5.81. The van der Waals surface area contributed by atoms with Gasteiger partial charge in [0, 0.05) is 18.3 Å². The van der Waals surface area contributed by atoms with Crippen molar-refractivity contribution in [3.8, 4) is 5.69 Å². The molecular formula is C18H20N4O2. The summed E-state index contributed by atoms with van der Waals surface area (Å²) >= 11 is 0. The van der Waals surface area contributed by atoms with Crippen molar-refractivity contribution in [3.63, 3.8) is 0 Å². The van der Waals surface area contributed by atoms with E-state index in [0.29, 0.717) is 17.9 Å². The average Bonchev–Trinajstić information content (AvgIpc) is 3.24. The third-order valence-corrected chi connectivity index (χ3v) is 3.53. The molecule has 0 radical (unpaired) electrons. The summed E-state index contributed by atoms with van der Waals surface area (Å²) in [5, 5.41) is 7.25. The molecule has 2 aromatic heterocycles. The fourth-order valence-corrected chi connectivity index (χ4v) is 2.48. The van der Waals surface area contributed by atoms with E-state index in [1.54, 1.807) is 23.1 Å². The van der Waals surface area contributed by atoms with Crippen molar-refractivity contribution in [1.82, 2.24) is 20.0 Å². The number of rotatable bonds is 6. The standard InChI is InChI=1S/C18H20N4O2/c1-21(2)12-14-10-20-22(13-14)17-8-4-3-7-16(17)18(23)19-11-15-6-5-9-24-15/h3-10,13H,11-12H2,1-2H3,(H,19,23). The third kappa shape index (κ3) is 3.72. The van der Waals surface area contributed by atoms with E-state index in [1.165, 1.54) is 0 Å². The van der Waals surface area contributed by atoms with E-state index in [-0.39, 0.29) is 5.91 Å². The smallest absolute Gasteiger partial charge is 0.253 e. The van der Waals surface area contributed by atoms with Gasteiger partial charge < -0.3 is 14.6 Å². The van der Waals surface area contributed by atoms with Crippen molar-refractivity contribution >= 4 is 5.91 Å². The lowest BCUT2D eigenvalue weighted by Crippen LogP contribution is -2.24. The zero-order chi connectivity index (χ0) is 16.9. The predicted molar refractivity (Wildman–Crippen MR) is 90.8 cm³/mol. The molecule has 0 atom stereocenters. The second kappa shape index (κ2) is 7.14. The molecule has 3 rings (SSSR count). The Bertz CT molecular complexity index is 806. The number of para-hydroxylation sites is 1. The molecule has 0 aliphatic rings. The van der Waals surface area contributed by atoms with Crippen LogP contribution in [0.2, 0.25) is 0 Å². The van der Waals surface area contributed by atoms with Crippen LogP contribution in [0.3, 0.4) is 0 Å². The molecule has 0 saturated carbocycles. The summed E-state index contributed by atoms with van der Waals surface area (Å²) in [5.41, 5.74) is 2.41. The van der Waals surface area contributed by atoms with Gasteiger partial charge in [-0.1, -0.05) is 12.1 Å². The third-order valence-electron chi connectivity index (χ3n) is 3.53. The molecule has 6 heteroatoms. The molecule has 124 valence electrons. The van der Waals surface area contributed by atoms with Crippen LogP contribution in [0.15, 0.2) is 59.5 Å². The predicted octanol–water partition coefficient (Wildman–Crippen LogP) is 2.46. The molecular weight excluding hydrogens is 304 g/mol. The first-order valence-corrected chi connectivity index (χ1v) is 7.72. The molecule has 0 aliphatic heterocycles. The van der Waals surface area contributed by atoms with Gasteiger partial charge in [-0.05, 0) is 38.4 Å². The maximum Gasteiger partial charge on any atom is 0.253 e. The minimum absolute atomic E-state index is 0.161. The Balaban J connectivity index is 1.79.